The highest BCUT2D eigenvalue weighted by atomic mass is 32.2. The maximum absolute atomic E-state index is 13.7. The molecule has 1 N–H and O–H groups in total. The number of carbonyl (C=O) groups excluding carboxylic acids is 2. The molecule has 1 aliphatic rings. The highest BCUT2D eigenvalue weighted by Crippen LogP contribution is 2.39. The molecule has 0 saturated carbocycles. The molecule has 1 heterocycles. The molecule has 13 heteroatoms. The van der Waals surface area contributed by atoms with Crippen LogP contribution in [0.3, 0.4) is 0 Å². The van der Waals surface area contributed by atoms with Crippen molar-refractivity contribution >= 4 is 48.3 Å². The fourth-order valence-corrected chi connectivity index (χ4v) is 12.6. The van der Waals surface area contributed by atoms with Crippen LogP contribution in [0.1, 0.15) is 97.3 Å². The number of non-ortho nitro benzene ring substituents is 1. The van der Waals surface area contributed by atoms with Gasteiger partial charge in [-0.1, -0.05) is 120 Å². The quantitative estimate of drug-likeness (QED) is 0.0464. The monoisotopic (exact) mass is 795 g/mol. The van der Waals surface area contributed by atoms with Crippen LogP contribution >= 0.6 is 11.8 Å². The van der Waals surface area contributed by atoms with E-state index in [0.717, 1.165) is 42.5 Å². The first-order valence-electron chi connectivity index (χ1n) is 19.1. The zero-order valence-electron chi connectivity index (χ0n) is 33.1. The maximum atomic E-state index is 13.7. The number of hydrogen-bond acceptors (Lipinski definition) is 11. The summed E-state index contributed by atoms with van der Waals surface area (Å²) >= 11 is 1.43. The van der Waals surface area contributed by atoms with Crippen molar-refractivity contribution in [2.75, 3.05) is 12.4 Å². The van der Waals surface area contributed by atoms with Gasteiger partial charge in [0.2, 0.25) is 0 Å². The number of rotatable bonds is 17. The molecule has 3 aromatic rings. The highest BCUT2D eigenvalue weighted by Gasteiger charge is 2.54. The van der Waals surface area contributed by atoms with Gasteiger partial charge in [0.25, 0.3) is 14.0 Å². The lowest BCUT2D eigenvalue weighted by Gasteiger charge is -2.47. The van der Waals surface area contributed by atoms with Gasteiger partial charge in [-0.05, 0) is 60.5 Å². The third-order valence-electron chi connectivity index (χ3n) is 9.46. The molecule has 0 spiro atoms. The number of carbonyl (C=O) groups is 2. The third-order valence-corrected chi connectivity index (χ3v) is 15.7. The van der Waals surface area contributed by atoms with E-state index in [2.05, 4.69) is 52.0 Å². The Kier molecular flexibility index (Phi) is 15.9. The molecule has 0 aromatic heterocycles. The molecule has 11 nitrogen and oxygen atoms in total. The van der Waals surface area contributed by atoms with Crippen LogP contribution in [0.2, 0.25) is 5.04 Å². The van der Waals surface area contributed by atoms with Crippen molar-refractivity contribution in [2.45, 2.75) is 127 Å². The van der Waals surface area contributed by atoms with Crippen LogP contribution < -0.4 is 10.4 Å². The zero-order valence-corrected chi connectivity index (χ0v) is 34.9. The number of aliphatic hydroxyl groups excluding tert-OH is 1. The van der Waals surface area contributed by atoms with E-state index in [9.17, 15) is 24.8 Å². The number of nitro benzene ring substituents is 1. The average Bonchev–Trinajstić information content (AvgIpc) is 3.13. The lowest BCUT2D eigenvalue weighted by atomic mass is 9.99. The molecule has 0 bridgehead atoms. The highest BCUT2D eigenvalue weighted by molar-refractivity contribution is 7.99. The summed E-state index contributed by atoms with van der Waals surface area (Å²) in [4.78, 5) is 37.5. The largest absolute Gasteiger partial charge is 0.509 e. The Morgan fingerprint density at radius 2 is 1.38 bits per heavy atom. The van der Waals surface area contributed by atoms with E-state index in [-0.39, 0.29) is 22.9 Å². The van der Waals surface area contributed by atoms with Crippen molar-refractivity contribution in [1.82, 2.24) is 0 Å². The van der Waals surface area contributed by atoms with E-state index in [1.807, 2.05) is 36.4 Å². The number of unbranched alkanes of at least 4 members (excludes halogenated alkanes) is 5. The normalized spacial score (nSPS) is 20.4. The van der Waals surface area contributed by atoms with E-state index in [0.29, 0.717) is 5.75 Å². The molecule has 5 atom stereocenters. The first kappa shape index (κ1) is 44.0. The van der Waals surface area contributed by atoms with Crippen molar-refractivity contribution < 1.29 is 43.0 Å². The minimum absolute atomic E-state index is 0.0358. The lowest BCUT2D eigenvalue weighted by molar-refractivity contribution is -0.384. The molecular weight excluding hydrogens is 739 g/mol. The topological polar surface area (TPSA) is 144 Å². The number of nitro groups is 1. The Morgan fingerprint density at radius 1 is 0.818 bits per heavy atom. The van der Waals surface area contributed by atoms with Gasteiger partial charge in [-0.25, -0.2) is 9.59 Å². The molecule has 0 unspecified atom stereocenters. The van der Waals surface area contributed by atoms with Crippen LogP contribution in [0, 0.1) is 10.1 Å². The number of aliphatic hydroxyl groups is 1. The molecule has 1 aliphatic heterocycles. The van der Waals surface area contributed by atoms with E-state index in [1.54, 1.807) is 20.8 Å². The van der Waals surface area contributed by atoms with Gasteiger partial charge in [0, 0.05) is 12.1 Å². The van der Waals surface area contributed by atoms with Crippen molar-refractivity contribution in [1.29, 1.82) is 0 Å². The summed E-state index contributed by atoms with van der Waals surface area (Å²) in [6.45, 7) is 13.7. The molecule has 0 radical (unpaired) electrons. The summed E-state index contributed by atoms with van der Waals surface area (Å²) in [6.07, 6.45) is 0.358. The van der Waals surface area contributed by atoms with Crippen LogP contribution in [-0.2, 0) is 23.4 Å². The van der Waals surface area contributed by atoms with E-state index in [4.69, 9.17) is 23.4 Å². The Hall–Kier alpha value is -3.75. The second kappa shape index (κ2) is 19.9. The first-order valence-corrected chi connectivity index (χ1v) is 22.1. The van der Waals surface area contributed by atoms with Gasteiger partial charge in [-0.3, -0.25) is 10.1 Å². The predicted molar refractivity (Wildman–Crippen MR) is 217 cm³/mol. The Bertz CT molecular complexity index is 1620. The molecular formula is C42H57NO10SSi. The molecule has 300 valence electrons. The zero-order chi connectivity index (χ0) is 40.2. The Morgan fingerprint density at radius 3 is 1.91 bits per heavy atom. The molecule has 0 amide bonds. The van der Waals surface area contributed by atoms with Gasteiger partial charge in [0.05, 0.1) is 17.1 Å². The van der Waals surface area contributed by atoms with Crippen LogP contribution in [0.15, 0.2) is 84.9 Å². The molecule has 55 heavy (non-hydrogen) atoms. The summed E-state index contributed by atoms with van der Waals surface area (Å²) in [7, 11) is -3.12. The minimum Gasteiger partial charge on any atom is -0.453 e. The number of benzene rings is 3. The minimum atomic E-state index is -3.12. The van der Waals surface area contributed by atoms with Crippen LogP contribution in [-0.4, -0.2) is 78.3 Å². The molecule has 4 rings (SSSR count). The van der Waals surface area contributed by atoms with Crippen LogP contribution in [0.4, 0.5) is 10.5 Å². The van der Waals surface area contributed by atoms with Crippen molar-refractivity contribution in [2.24, 2.45) is 0 Å². The lowest BCUT2D eigenvalue weighted by Crippen LogP contribution is -2.68. The van der Waals surface area contributed by atoms with Crippen molar-refractivity contribution in [3.63, 3.8) is 0 Å². The Balaban J connectivity index is 1.73. The van der Waals surface area contributed by atoms with Crippen molar-refractivity contribution in [3.05, 3.63) is 101 Å². The van der Waals surface area contributed by atoms with Crippen molar-refractivity contribution in [3.8, 4) is 0 Å². The van der Waals surface area contributed by atoms with Crippen LogP contribution in [0.25, 0.3) is 0 Å². The number of ether oxygens (including phenoxy) is 4. The molecule has 1 fully saturated rings. The maximum Gasteiger partial charge on any atom is 0.509 e. The predicted octanol–water partition coefficient (Wildman–Crippen LogP) is 8.20. The fraction of sp³-hybridized carbons (Fsp3) is 0.524. The number of nitrogens with zero attached hydrogens (tertiary/aromatic N) is 1. The van der Waals surface area contributed by atoms with Gasteiger partial charge < -0.3 is 28.5 Å². The number of hydrogen-bond donors (Lipinski definition) is 1. The first-order chi connectivity index (χ1) is 26.1. The van der Waals surface area contributed by atoms with Gasteiger partial charge in [0.15, 0.2) is 12.2 Å². The molecule has 1 saturated heterocycles. The number of thioether (sulfide) groups is 1. The summed E-state index contributed by atoms with van der Waals surface area (Å²) in [6, 6.07) is 25.1. The fourth-order valence-electron chi connectivity index (χ4n) is 6.78. The SMILES string of the molecule is CCCCCCCCS[C@@H]1O[C@H](CO[Si](c2ccccc2)(c2ccccc2)C(C)(C)C)[C@@H](OC(=O)c2ccc([N+](=O)[O-])cc2)[C@H](O)[C@H]1OC(=O)OC(C)(C)C. The van der Waals surface area contributed by atoms with Crippen LogP contribution in [0.5, 0.6) is 0 Å². The molecule has 0 aliphatic carbocycles. The van der Waals surface area contributed by atoms with E-state index in [1.165, 1.54) is 42.4 Å². The third kappa shape index (κ3) is 11.9. The number of esters is 1. The Labute approximate surface area is 330 Å². The second-order valence-corrected chi connectivity index (χ2v) is 21.4. The summed E-state index contributed by atoms with van der Waals surface area (Å²) in [5, 5.41) is 25.1. The van der Waals surface area contributed by atoms with Gasteiger partial charge in [0.1, 0.15) is 23.2 Å². The van der Waals surface area contributed by atoms with E-state index < -0.39 is 60.8 Å². The van der Waals surface area contributed by atoms with Gasteiger partial charge in [-0.15, -0.1) is 11.8 Å². The average molecular weight is 796 g/mol. The second-order valence-electron chi connectivity index (χ2n) is 15.9. The summed E-state index contributed by atoms with van der Waals surface area (Å²) in [5.41, 5.74) is -1.87. The smallest absolute Gasteiger partial charge is 0.453 e. The van der Waals surface area contributed by atoms with E-state index >= 15 is 0 Å². The standard InChI is InChI=1S/C42H57NO10SSi/c1-8-9-10-11-12-19-28-54-39-37(52-40(46)53-41(2,3)4)35(44)36(51-38(45)30-24-26-31(27-25-30)43(47)48)34(50-39)29-49-55(42(5,6)7,32-20-15-13-16-21-32)33-22-17-14-18-23-33/h13-18,20-27,34-37,39,44H,8-12,19,28-29H2,1-7H3/t34-,35+,36-,37-,39+/m1/s1. The van der Waals surface area contributed by atoms with Gasteiger partial charge in [-0.2, -0.15) is 0 Å². The van der Waals surface area contributed by atoms with Gasteiger partial charge >= 0.3 is 12.1 Å². The summed E-state index contributed by atoms with van der Waals surface area (Å²) < 4.78 is 31.2. The summed E-state index contributed by atoms with van der Waals surface area (Å²) in [5.74, 6) is -0.167. The molecule has 3 aromatic carbocycles.